The zero-order valence-corrected chi connectivity index (χ0v) is 15.1. The fraction of sp³-hybridized carbons (Fsp3) is 0.294. The molecule has 0 bridgehead atoms. The second-order valence-corrected chi connectivity index (χ2v) is 7.05. The predicted molar refractivity (Wildman–Crippen MR) is 98.1 cm³/mol. The summed E-state index contributed by atoms with van der Waals surface area (Å²) in [5, 5.41) is 5.51. The molecule has 0 aliphatic rings. The number of sulfonamides is 1. The quantitative estimate of drug-likeness (QED) is 0.748. The highest BCUT2D eigenvalue weighted by molar-refractivity contribution is 7.92. The molecular weight excluding hydrogens is 340 g/mol. The molecule has 0 atom stereocenters. The van der Waals surface area contributed by atoms with Gasteiger partial charge in [-0.3, -0.25) is 9.10 Å². The lowest BCUT2D eigenvalue weighted by molar-refractivity contribution is -0.119. The molecule has 2 N–H and O–H groups in total. The summed E-state index contributed by atoms with van der Waals surface area (Å²) in [6, 6.07) is 11.9. The summed E-state index contributed by atoms with van der Waals surface area (Å²) in [7, 11) is -3.70. The van der Waals surface area contributed by atoms with E-state index < -0.39 is 10.0 Å². The average Bonchev–Trinajstić information content (AvgIpc) is 2.62. The number of pyridine rings is 1. The molecule has 0 unspecified atom stereocenters. The molecule has 0 fully saturated rings. The molecule has 1 amide bonds. The van der Waals surface area contributed by atoms with Crippen LogP contribution in [-0.2, 0) is 14.8 Å². The minimum Gasteiger partial charge on any atom is -0.361 e. The number of hydrogen-bond acceptors (Lipinski definition) is 5. The molecular formula is C17H22N4O3S. The van der Waals surface area contributed by atoms with Crippen molar-refractivity contribution in [2.75, 3.05) is 29.3 Å². The third-order valence-corrected chi connectivity index (χ3v) is 5.35. The van der Waals surface area contributed by atoms with Gasteiger partial charge in [-0.1, -0.05) is 18.2 Å². The molecule has 0 spiro atoms. The van der Waals surface area contributed by atoms with Crippen LogP contribution in [0.4, 0.5) is 11.5 Å². The third-order valence-electron chi connectivity index (χ3n) is 3.46. The van der Waals surface area contributed by atoms with Crippen molar-refractivity contribution >= 4 is 27.4 Å². The minimum absolute atomic E-state index is 0.0814. The van der Waals surface area contributed by atoms with Crippen LogP contribution in [0.15, 0.2) is 53.6 Å². The van der Waals surface area contributed by atoms with E-state index in [2.05, 4.69) is 15.6 Å². The van der Waals surface area contributed by atoms with Gasteiger partial charge in [0.2, 0.25) is 5.91 Å². The number of nitrogens with zero attached hydrogens (tertiary/aromatic N) is 2. The van der Waals surface area contributed by atoms with Crippen LogP contribution in [0.5, 0.6) is 0 Å². The van der Waals surface area contributed by atoms with Gasteiger partial charge in [-0.05, 0) is 38.1 Å². The van der Waals surface area contributed by atoms with Crippen LogP contribution in [0.2, 0.25) is 0 Å². The van der Waals surface area contributed by atoms with Crippen LogP contribution in [0.3, 0.4) is 0 Å². The van der Waals surface area contributed by atoms with E-state index in [4.69, 9.17) is 0 Å². The van der Waals surface area contributed by atoms with E-state index in [1.54, 1.807) is 37.3 Å². The van der Waals surface area contributed by atoms with Crippen LogP contribution in [0.1, 0.15) is 13.8 Å². The van der Waals surface area contributed by atoms with E-state index in [1.807, 2.05) is 13.0 Å². The van der Waals surface area contributed by atoms with E-state index in [1.165, 1.54) is 16.6 Å². The van der Waals surface area contributed by atoms with Gasteiger partial charge in [0.05, 0.1) is 12.2 Å². The second kappa shape index (κ2) is 8.48. The van der Waals surface area contributed by atoms with E-state index in [0.717, 1.165) is 0 Å². The summed E-state index contributed by atoms with van der Waals surface area (Å²) in [6.45, 7) is 4.56. The van der Waals surface area contributed by atoms with Crippen molar-refractivity contribution in [2.24, 2.45) is 0 Å². The van der Waals surface area contributed by atoms with E-state index in [0.29, 0.717) is 24.6 Å². The Labute approximate surface area is 148 Å². The van der Waals surface area contributed by atoms with Crippen LogP contribution < -0.4 is 14.9 Å². The van der Waals surface area contributed by atoms with Gasteiger partial charge in [0.25, 0.3) is 10.0 Å². The number of anilines is 2. The summed E-state index contributed by atoms with van der Waals surface area (Å²) in [5.41, 5.74) is 0.600. The monoisotopic (exact) mass is 362 g/mol. The molecule has 2 rings (SSSR count). The van der Waals surface area contributed by atoms with Crippen LogP contribution >= 0.6 is 0 Å². The Kier molecular flexibility index (Phi) is 6.35. The minimum atomic E-state index is -3.70. The van der Waals surface area contributed by atoms with Crippen LogP contribution in [-0.4, -0.2) is 38.9 Å². The number of likely N-dealkylation sites (N-methyl/N-ethyl adjacent to an activating group) is 1. The highest BCUT2D eigenvalue weighted by Gasteiger charge is 2.23. The van der Waals surface area contributed by atoms with Gasteiger partial charge in [-0.25, -0.2) is 13.4 Å². The number of nitrogens with one attached hydrogen (secondary N) is 2. The summed E-state index contributed by atoms with van der Waals surface area (Å²) in [6.07, 6.45) is 1.29. The lowest BCUT2D eigenvalue weighted by atomic mass is 10.3. The molecule has 0 aliphatic carbocycles. The summed E-state index contributed by atoms with van der Waals surface area (Å²) >= 11 is 0. The number of para-hydroxylation sites is 1. The van der Waals surface area contributed by atoms with Crippen molar-refractivity contribution in [3.63, 3.8) is 0 Å². The van der Waals surface area contributed by atoms with Crippen molar-refractivity contribution in [3.05, 3.63) is 48.7 Å². The Morgan fingerprint density at radius 1 is 1.12 bits per heavy atom. The van der Waals surface area contributed by atoms with Gasteiger partial charge >= 0.3 is 0 Å². The number of amides is 1. The van der Waals surface area contributed by atoms with Gasteiger partial charge < -0.3 is 10.6 Å². The summed E-state index contributed by atoms with van der Waals surface area (Å²) in [5.74, 6) is 0.287. The number of hydrogen-bond donors (Lipinski definition) is 2. The largest absolute Gasteiger partial charge is 0.361 e. The molecule has 25 heavy (non-hydrogen) atoms. The first-order valence-corrected chi connectivity index (χ1v) is 9.47. The summed E-state index contributed by atoms with van der Waals surface area (Å²) < 4.78 is 27.0. The molecule has 1 aromatic carbocycles. The lowest BCUT2D eigenvalue weighted by Gasteiger charge is -2.22. The molecule has 1 heterocycles. The smallest absolute Gasteiger partial charge is 0.265 e. The summed E-state index contributed by atoms with van der Waals surface area (Å²) in [4.78, 5) is 15.6. The number of aromatic nitrogens is 1. The van der Waals surface area contributed by atoms with Gasteiger partial charge in [0.1, 0.15) is 10.7 Å². The Bertz CT molecular complexity index is 792. The van der Waals surface area contributed by atoms with Gasteiger partial charge in [0.15, 0.2) is 0 Å². The highest BCUT2D eigenvalue weighted by atomic mass is 32.2. The van der Waals surface area contributed by atoms with Crippen molar-refractivity contribution in [2.45, 2.75) is 18.7 Å². The zero-order valence-electron chi connectivity index (χ0n) is 14.3. The first-order chi connectivity index (χ1) is 12.0. The normalized spacial score (nSPS) is 11.0. The van der Waals surface area contributed by atoms with E-state index >= 15 is 0 Å². The number of carbonyl (C=O) groups is 1. The maximum absolute atomic E-state index is 12.8. The van der Waals surface area contributed by atoms with Crippen LogP contribution in [0.25, 0.3) is 0 Å². The molecule has 7 nitrogen and oxygen atoms in total. The standard InChI is InChI=1S/C17H22N4O3S/c1-3-18-17(22)13-20-16-11-10-15(12-19-16)25(23,24)21(4-2)14-8-6-5-7-9-14/h5-12H,3-4,13H2,1-2H3,(H,18,22)(H,19,20). The number of benzene rings is 1. The Balaban J connectivity index is 2.15. The average molecular weight is 362 g/mol. The van der Waals surface area contributed by atoms with Crippen molar-refractivity contribution in [1.82, 2.24) is 10.3 Å². The predicted octanol–water partition coefficient (Wildman–Crippen LogP) is 1.84. The molecule has 2 aromatic rings. The van der Waals surface area contributed by atoms with Crippen molar-refractivity contribution in [1.29, 1.82) is 0 Å². The Morgan fingerprint density at radius 2 is 1.84 bits per heavy atom. The second-order valence-electron chi connectivity index (χ2n) is 5.19. The first kappa shape index (κ1) is 18.7. The molecule has 0 saturated carbocycles. The maximum Gasteiger partial charge on any atom is 0.265 e. The molecule has 134 valence electrons. The van der Waals surface area contributed by atoms with E-state index in [9.17, 15) is 13.2 Å². The molecule has 1 aromatic heterocycles. The van der Waals surface area contributed by atoms with Crippen molar-refractivity contribution in [3.8, 4) is 0 Å². The number of carbonyl (C=O) groups excluding carboxylic acids is 1. The SMILES string of the molecule is CCNC(=O)CNc1ccc(S(=O)(=O)N(CC)c2ccccc2)cn1. The molecule has 8 heteroatoms. The Hall–Kier alpha value is -2.61. The van der Waals surface area contributed by atoms with Gasteiger partial charge in [0, 0.05) is 19.3 Å². The topological polar surface area (TPSA) is 91.4 Å². The fourth-order valence-electron chi connectivity index (χ4n) is 2.28. The van der Waals surface area contributed by atoms with Crippen LogP contribution in [0, 0.1) is 0 Å². The van der Waals surface area contributed by atoms with Gasteiger partial charge in [-0.2, -0.15) is 0 Å². The maximum atomic E-state index is 12.8. The zero-order chi connectivity index (χ0) is 18.3. The molecule has 0 radical (unpaired) electrons. The van der Waals surface area contributed by atoms with Gasteiger partial charge in [-0.15, -0.1) is 0 Å². The lowest BCUT2D eigenvalue weighted by Crippen LogP contribution is -2.31. The molecule has 0 aliphatic heterocycles. The highest BCUT2D eigenvalue weighted by Crippen LogP contribution is 2.23. The number of rotatable bonds is 8. The van der Waals surface area contributed by atoms with E-state index in [-0.39, 0.29) is 17.3 Å². The first-order valence-electron chi connectivity index (χ1n) is 8.03. The third kappa shape index (κ3) is 4.69. The molecule has 0 saturated heterocycles. The Morgan fingerprint density at radius 3 is 2.40 bits per heavy atom. The fourth-order valence-corrected chi connectivity index (χ4v) is 3.70. The van der Waals surface area contributed by atoms with Crippen molar-refractivity contribution < 1.29 is 13.2 Å².